The largest absolute Gasteiger partial charge is 0.299 e. The Morgan fingerprint density at radius 3 is 3.00 bits per heavy atom. The molecule has 15 heavy (non-hydrogen) atoms. The highest BCUT2D eigenvalue weighted by molar-refractivity contribution is 9.10. The highest BCUT2D eigenvalue weighted by atomic mass is 79.9. The number of aromatic nitrogens is 3. The number of fused-ring (bicyclic) bond motifs is 1. The summed E-state index contributed by atoms with van der Waals surface area (Å²) in [5.74, 6) is 0. The van der Waals surface area contributed by atoms with Gasteiger partial charge in [0.1, 0.15) is 0 Å². The monoisotopic (exact) mass is 267 g/mol. The fraction of sp³-hybridized carbons (Fsp3) is 0.300. The van der Waals surface area contributed by atoms with Gasteiger partial charge in [-0.1, -0.05) is 6.92 Å². The second-order valence-electron chi connectivity index (χ2n) is 3.27. The van der Waals surface area contributed by atoms with Gasteiger partial charge >= 0.3 is 0 Å². The maximum Gasteiger partial charge on any atom is 0.262 e. The van der Waals surface area contributed by atoms with Crippen LogP contribution in [0.5, 0.6) is 0 Å². The third kappa shape index (κ3) is 1.92. The molecule has 2 aromatic rings. The summed E-state index contributed by atoms with van der Waals surface area (Å²) in [6, 6.07) is 1.75. The summed E-state index contributed by atoms with van der Waals surface area (Å²) < 4.78 is 2.40. The molecular weight excluding hydrogens is 258 g/mol. The molecule has 2 heterocycles. The minimum Gasteiger partial charge on any atom is -0.299 e. The van der Waals surface area contributed by atoms with E-state index in [-0.39, 0.29) is 5.56 Å². The molecule has 0 aromatic carbocycles. The lowest BCUT2D eigenvalue weighted by atomic mass is 10.3. The summed E-state index contributed by atoms with van der Waals surface area (Å²) in [6.45, 7) is 2.71. The summed E-state index contributed by atoms with van der Waals surface area (Å²) in [5, 5.41) is 0.556. The number of nitrogens with zero attached hydrogens (tertiary/aromatic N) is 3. The molecule has 0 aliphatic carbocycles. The summed E-state index contributed by atoms with van der Waals surface area (Å²) in [6.07, 6.45) is 4.10. The van der Waals surface area contributed by atoms with Gasteiger partial charge in [-0.25, -0.2) is 9.97 Å². The zero-order chi connectivity index (χ0) is 10.8. The van der Waals surface area contributed by atoms with E-state index in [0.29, 0.717) is 17.6 Å². The second-order valence-corrected chi connectivity index (χ2v) is 4.18. The van der Waals surface area contributed by atoms with E-state index >= 15 is 0 Å². The lowest BCUT2D eigenvalue weighted by Crippen LogP contribution is -2.20. The highest BCUT2D eigenvalue weighted by Crippen LogP contribution is 2.11. The molecule has 0 aliphatic rings. The normalized spacial score (nSPS) is 10.8. The Balaban J connectivity index is 2.71. The molecule has 2 aromatic heterocycles. The topological polar surface area (TPSA) is 47.8 Å². The van der Waals surface area contributed by atoms with Gasteiger partial charge in [0, 0.05) is 17.2 Å². The summed E-state index contributed by atoms with van der Waals surface area (Å²) >= 11 is 3.29. The van der Waals surface area contributed by atoms with Gasteiger partial charge in [0.25, 0.3) is 5.56 Å². The number of pyridine rings is 1. The van der Waals surface area contributed by atoms with Crippen LogP contribution in [0.1, 0.15) is 13.3 Å². The standard InChI is InChI=1S/C10H10BrN3O/c1-2-3-14-6-13-9-8(10(14)15)4-7(11)5-12-9/h4-6H,2-3H2,1H3. The van der Waals surface area contributed by atoms with Crippen LogP contribution >= 0.6 is 15.9 Å². The first-order valence-electron chi connectivity index (χ1n) is 4.73. The molecule has 4 nitrogen and oxygen atoms in total. The number of aryl methyl sites for hydroxylation is 1. The van der Waals surface area contributed by atoms with Gasteiger partial charge in [0.15, 0.2) is 5.65 Å². The van der Waals surface area contributed by atoms with Crippen LogP contribution in [0.15, 0.2) is 27.9 Å². The fourth-order valence-electron chi connectivity index (χ4n) is 1.42. The molecular formula is C10H10BrN3O. The molecule has 0 amide bonds. The molecule has 0 aliphatic heterocycles. The molecule has 0 saturated carbocycles. The maximum atomic E-state index is 11.9. The van der Waals surface area contributed by atoms with Crippen molar-refractivity contribution >= 4 is 27.0 Å². The van der Waals surface area contributed by atoms with Crippen LogP contribution in [-0.2, 0) is 6.54 Å². The molecule has 0 bridgehead atoms. The molecule has 78 valence electrons. The molecule has 0 saturated heterocycles. The van der Waals surface area contributed by atoms with Crippen molar-refractivity contribution in [3.8, 4) is 0 Å². The van der Waals surface area contributed by atoms with Crippen LogP contribution in [0.3, 0.4) is 0 Å². The van der Waals surface area contributed by atoms with Gasteiger partial charge in [0.2, 0.25) is 0 Å². The molecule has 0 N–H and O–H groups in total. The van der Waals surface area contributed by atoms with Crippen LogP contribution in [0.2, 0.25) is 0 Å². The van der Waals surface area contributed by atoms with Crippen molar-refractivity contribution in [2.75, 3.05) is 0 Å². The highest BCUT2D eigenvalue weighted by Gasteiger charge is 2.04. The van der Waals surface area contributed by atoms with E-state index in [1.54, 1.807) is 23.2 Å². The van der Waals surface area contributed by atoms with Gasteiger partial charge in [-0.2, -0.15) is 0 Å². The van der Waals surface area contributed by atoms with Crippen molar-refractivity contribution in [2.24, 2.45) is 0 Å². The Hall–Kier alpha value is -1.23. The molecule has 2 rings (SSSR count). The van der Waals surface area contributed by atoms with E-state index in [1.807, 2.05) is 6.92 Å². The lowest BCUT2D eigenvalue weighted by Gasteiger charge is -2.03. The van der Waals surface area contributed by atoms with E-state index in [2.05, 4.69) is 25.9 Å². The first-order chi connectivity index (χ1) is 7.22. The number of hydrogen-bond donors (Lipinski definition) is 0. The quantitative estimate of drug-likeness (QED) is 0.836. The smallest absolute Gasteiger partial charge is 0.262 e. The van der Waals surface area contributed by atoms with Gasteiger partial charge < -0.3 is 0 Å². The number of halogens is 1. The predicted octanol–water partition coefficient (Wildman–Crippen LogP) is 1.96. The van der Waals surface area contributed by atoms with Crippen molar-refractivity contribution < 1.29 is 0 Å². The Morgan fingerprint density at radius 2 is 2.27 bits per heavy atom. The zero-order valence-corrected chi connectivity index (χ0v) is 9.86. The van der Waals surface area contributed by atoms with Crippen molar-refractivity contribution in [1.82, 2.24) is 14.5 Å². The SMILES string of the molecule is CCCn1cnc2ncc(Br)cc2c1=O. The van der Waals surface area contributed by atoms with Crippen LogP contribution in [0.25, 0.3) is 11.0 Å². The molecule has 5 heteroatoms. The molecule has 0 spiro atoms. The second kappa shape index (κ2) is 4.10. The van der Waals surface area contributed by atoms with Crippen molar-refractivity contribution in [2.45, 2.75) is 19.9 Å². The Bertz CT molecular complexity index is 550. The average molecular weight is 268 g/mol. The van der Waals surface area contributed by atoms with Crippen molar-refractivity contribution in [3.05, 3.63) is 33.4 Å². The summed E-state index contributed by atoms with van der Waals surface area (Å²) in [7, 11) is 0. The Morgan fingerprint density at radius 1 is 1.47 bits per heavy atom. The van der Waals surface area contributed by atoms with Gasteiger partial charge in [-0.15, -0.1) is 0 Å². The first-order valence-corrected chi connectivity index (χ1v) is 5.52. The maximum absolute atomic E-state index is 11.9. The Kier molecular flexibility index (Phi) is 2.81. The van der Waals surface area contributed by atoms with E-state index in [0.717, 1.165) is 10.9 Å². The van der Waals surface area contributed by atoms with Gasteiger partial charge in [-0.3, -0.25) is 9.36 Å². The van der Waals surface area contributed by atoms with Crippen molar-refractivity contribution in [3.63, 3.8) is 0 Å². The minimum atomic E-state index is -0.0318. The van der Waals surface area contributed by atoms with Gasteiger partial charge in [0.05, 0.1) is 11.7 Å². The minimum absolute atomic E-state index is 0.0318. The fourth-order valence-corrected chi connectivity index (χ4v) is 1.76. The van der Waals surface area contributed by atoms with E-state index in [1.165, 1.54) is 0 Å². The zero-order valence-electron chi connectivity index (χ0n) is 8.27. The Labute approximate surface area is 95.1 Å². The van der Waals surface area contributed by atoms with Crippen LogP contribution < -0.4 is 5.56 Å². The van der Waals surface area contributed by atoms with Gasteiger partial charge in [-0.05, 0) is 28.4 Å². The number of rotatable bonds is 2. The molecule has 0 radical (unpaired) electrons. The van der Waals surface area contributed by atoms with Crippen LogP contribution in [0, 0.1) is 0 Å². The average Bonchev–Trinajstić information content (AvgIpc) is 2.23. The van der Waals surface area contributed by atoms with Crippen molar-refractivity contribution in [1.29, 1.82) is 0 Å². The lowest BCUT2D eigenvalue weighted by molar-refractivity contribution is 0.647. The summed E-state index contributed by atoms with van der Waals surface area (Å²) in [5.41, 5.74) is 0.464. The van der Waals surface area contributed by atoms with E-state index in [9.17, 15) is 4.79 Å². The van der Waals surface area contributed by atoms with Crippen LogP contribution in [0.4, 0.5) is 0 Å². The molecule has 0 atom stereocenters. The molecule has 0 unspecified atom stereocenters. The number of hydrogen-bond acceptors (Lipinski definition) is 3. The third-order valence-electron chi connectivity index (χ3n) is 2.11. The predicted molar refractivity (Wildman–Crippen MR) is 61.8 cm³/mol. The molecule has 0 fully saturated rings. The third-order valence-corrected chi connectivity index (χ3v) is 2.54. The summed E-state index contributed by atoms with van der Waals surface area (Å²) in [4.78, 5) is 20.1. The van der Waals surface area contributed by atoms with E-state index in [4.69, 9.17) is 0 Å². The first kappa shape index (κ1) is 10.3. The van der Waals surface area contributed by atoms with Crippen LogP contribution in [-0.4, -0.2) is 14.5 Å². The van der Waals surface area contributed by atoms with E-state index < -0.39 is 0 Å².